The summed E-state index contributed by atoms with van der Waals surface area (Å²) in [6.45, 7) is 7.24. The van der Waals surface area contributed by atoms with Crippen LogP contribution >= 0.6 is 0 Å². The van der Waals surface area contributed by atoms with Gasteiger partial charge >= 0.3 is 5.97 Å². The van der Waals surface area contributed by atoms with Crippen molar-refractivity contribution in [2.24, 2.45) is 33.9 Å². The van der Waals surface area contributed by atoms with Crippen LogP contribution in [0.25, 0.3) is 0 Å². The average Bonchev–Trinajstić information content (AvgIpc) is 3.34. The first-order valence-electron chi connectivity index (χ1n) is 11.0. The number of guanidine groups is 1. The first kappa shape index (κ1) is 22.5. The summed E-state index contributed by atoms with van der Waals surface area (Å²) < 4.78 is 20.2. The highest BCUT2D eigenvalue weighted by molar-refractivity contribution is 6.01. The van der Waals surface area contributed by atoms with Gasteiger partial charge in [0.05, 0.1) is 30.1 Å². The van der Waals surface area contributed by atoms with Gasteiger partial charge in [-0.3, -0.25) is 14.5 Å². The van der Waals surface area contributed by atoms with E-state index < -0.39 is 22.9 Å². The molecule has 2 fully saturated rings. The minimum absolute atomic E-state index is 0.0249. The number of carbonyl (C=O) groups excluding carboxylic acids is 2. The summed E-state index contributed by atoms with van der Waals surface area (Å²) in [5.74, 6) is -1.11. The molecule has 0 spiro atoms. The second kappa shape index (κ2) is 7.43. The third-order valence-corrected chi connectivity index (χ3v) is 7.69. The SMILES string of the molecule is CCOC(=O)C1C2CC(O)C(Nc3ccc(F)c(C4(C)N=C(N)N(C)C(=O)C4(C)C)c3)C21. The van der Waals surface area contributed by atoms with Crippen LogP contribution in [0.3, 0.4) is 0 Å². The molecular weight excluding hydrogens is 415 g/mol. The quantitative estimate of drug-likeness (QED) is 0.594. The van der Waals surface area contributed by atoms with E-state index >= 15 is 4.39 Å². The van der Waals surface area contributed by atoms with Crippen molar-refractivity contribution in [1.29, 1.82) is 0 Å². The lowest BCUT2D eigenvalue weighted by atomic mass is 9.67. The molecule has 6 atom stereocenters. The number of amides is 1. The van der Waals surface area contributed by atoms with E-state index in [1.165, 1.54) is 11.0 Å². The van der Waals surface area contributed by atoms with E-state index in [0.717, 1.165) is 0 Å². The van der Waals surface area contributed by atoms with E-state index in [0.29, 0.717) is 18.7 Å². The molecule has 32 heavy (non-hydrogen) atoms. The summed E-state index contributed by atoms with van der Waals surface area (Å²) in [6, 6.07) is 4.18. The lowest BCUT2D eigenvalue weighted by molar-refractivity contribution is -0.146. The van der Waals surface area contributed by atoms with E-state index in [1.807, 2.05) is 0 Å². The second-order valence-corrected chi connectivity index (χ2v) is 9.72. The molecule has 3 aliphatic rings. The zero-order valence-electron chi connectivity index (χ0n) is 19.1. The molecule has 1 heterocycles. The number of nitrogens with two attached hydrogens (primary N) is 1. The van der Waals surface area contributed by atoms with Crippen molar-refractivity contribution < 1.29 is 23.8 Å². The monoisotopic (exact) mass is 446 g/mol. The molecule has 4 rings (SSSR count). The van der Waals surface area contributed by atoms with Crippen molar-refractivity contribution in [3.05, 3.63) is 29.6 Å². The molecule has 1 aliphatic heterocycles. The average molecular weight is 447 g/mol. The van der Waals surface area contributed by atoms with Crippen LogP contribution in [0.1, 0.15) is 39.7 Å². The van der Waals surface area contributed by atoms with Gasteiger partial charge in [-0.15, -0.1) is 0 Å². The Morgan fingerprint density at radius 3 is 2.75 bits per heavy atom. The van der Waals surface area contributed by atoms with Gasteiger partial charge in [0.25, 0.3) is 0 Å². The van der Waals surface area contributed by atoms with Gasteiger partial charge in [-0.2, -0.15) is 0 Å². The topological polar surface area (TPSA) is 117 Å². The van der Waals surface area contributed by atoms with Crippen LogP contribution in [0.5, 0.6) is 0 Å². The minimum atomic E-state index is -1.23. The molecule has 0 aromatic heterocycles. The standard InChI is InChI=1S/C23H31FN4O4/c1-6-32-19(30)17-12-10-15(29)18(16(12)17)26-11-7-8-14(24)13(9-11)23(4)22(2,3)20(31)28(5)21(25)27-23/h7-9,12,15-18,26,29H,6,10H2,1-5H3,(H2,25,27). The number of halogens is 1. The molecule has 174 valence electrons. The fraction of sp³-hybridized carbons (Fsp3) is 0.609. The number of ether oxygens (including phenoxy) is 1. The summed E-state index contributed by atoms with van der Waals surface area (Å²) >= 11 is 0. The summed E-state index contributed by atoms with van der Waals surface area (Å²) in [4.78, 5) is 30.9. The first-order chi connectivity index (χ1) is 14.9. The molecule has 1 aromatic rings. The molecular formula is C23H31FN4O4. The predicted molar refractivity (Wildman–Crippen MR) is 117 cm³/mol. The molecule has 0 saturated heterocycles. The number of hydrogen-bond donors (Lipinski definition) is 3. The van der Waals surface area contributed by atoms with Crippen molar-refractivity contribution >= 4 is 23.5 Å². The summed E-state index contributed by atoms with van der Waals surface area (Å²) in [5.41, 5.74) is 4.51. The Kier molecular flexibility index (Phi) is 5.23. The van der Waals surface area contributed by atoms with E-state index in [1.54, 1.807) is 46.9 Å². The molecule has 8 nitrogen and oxygen atoms in total. The maximum Gasteiger partial charge on any atom is 0.309 e. The maximum absolute atomic E-state index is 15.0. The predicted octanol–water partition coefficient (Wildman–Crippen LogP) is 1.82. The number of rotatable bonds is 5. The molecule has 0 radical (unpaired) electrons. The number of hydrogen-bond acceptors (Lipinski definition) is 7. The number of aliphatic hydroxyl groups excluding tert-OH is 1. The van der Waals surface area contributed by atoms with E-state index in [2.05, 4.69) is 10.3 Å². The number of nitrogens with zero attached hydrogens (tertiary/aromatic N) is 2. The zero-order chi connectivity index (χ0) is 23.6. The number of carbonyl (C=O) groups is 2. The largest absolute Gasteiger partial charge is 0.466 e. The van der Waals surface area contributed by atoms with Crippen molar-refractivity contribution in [2.75, 3.05) is 19.0 Å². The van der Waals surface area contributed by atoms with E-state index in [-0.39, 0.29) is 47.2 Å². The number of anilines is 1. The molecule has 2 aliphatic carbocycles. The Bertz CT molecular complexity index is 996. The molecule has 2 saturated carbocycles. The molecule has 1 aromatic carbocycles. The van der Waals surface area contributed by atoms with Crippen LogP contribution in [0.15, 0.2) is 23.2 Å². The van der Waals surface area contributed by atoms with Crippen LogP contribution in [0, 0.1) is 29.0 Å². The van der Waals surface area contributed by atoms with Crippen LogP contribution in [-0.2, 0) is 19.9 Å². The summed E-state index contributed by atoms with van der Waals surface area (Å²) in [7, 11) is 1.55. The fourth-order valence-electron chi connectivity index (χ4n) is 5.39. The van der Waals surface area contributed by atoms with Crippen LogP contribution in [0.4, 0.5) is 10.1 Å². The number of esters is 1. The zero-order valence-corrected chi connectivity index (χ0v) is 19.1. The third kappa shape index (κ3) is 3.17. The lowest BCUT2D eigenvalue weighted by Crippen LogP contribution is -2.58. The molecule has 0 bridgehead atoms. The molecule has 4 N–H and O–H groups in total. The maximum atomic E-state index is 15.0. The first-order valence-corrected chi connectivity index (χ1v) is 11.0. The Morgan fingerprint density at radius 2 is 2.09 bits per heavy atom. The highest BCUT2D eigenvalue weighted by Crippen LogP contribution is 2.58. The van der Waals surface area contributed by atoms with Gasteiger partial charge in [0.2, 0.25) is 5.91 Å². The molecule has 9 heteroatoms. The highest BCUT2D eigenvalue weighted by atomic mass is 19.1. The van der Waals surface area contributed by atoms with Gasteiger partial charge in [-0.1, -0.05) is 0 Å². The van der Waals surface area contributed by atoms with Crippen molar-refractivity contribution in [3.63, 3.8) is 0 Å². The Balaban J connectivity index is 1.64. The minimum Gasteiger partial charge on any atom is -0.466 e. The summed E-state index contributed by atoms with van der Waals surface area (Å²) in [5, 5.41) is 13.8. The van der Waals surface area contributed by atoms with Crippen LogP contribution in [0.2, 0.25) is 0 Å². The van der Waals surface area contributed by atoms with Crippen molar-refractivity contribution in [3.8, 4) is 0 Å². The van der Waals surface area contributed by atoms with Gasteiger partial charge in [-0.05, 0) is 64.2 Å². The Labute approximate surface area is 187 Å². The van der Waals surface area contributed by atoms with Gasteiger partial charge in [0, 0.05) is 18.3 Å². The Hall–Kier alpha value is -2.68. The van der Waals surface area contributed by atoms with E-state index in [4.69, 9.17) is 10.5 Å². The van der Waals surface area contributed by atoms with Gasteiger partial charge in [-0.25, -0.2) is 9.38 Å². The smallest absolute Gasteiger partial charge is 0.309 e. The Morgan fingerprint density at radius 1 is 1.41 bits per heavy atom. The fourth-order valence-corrected chi connectivity index (χ4v) is 5.39. The number of aliphatic imine (C=N–C) groups is 1. The van der Waals surface area contributed by atoms with Crippen LogP contribution < -0.4 is 11.1 Å². The number of fused-ring (bicyclic) bond motifs is 1. The normalized spacial score (nSPS) is 35.2. The third-order valence-electron chi connectivity index (χ3n) is 7.69. The second-order valence-electron chi connectivity index (χ2n) is 9.72. The molecule has 1 amide bonds. The van der Waals surface area contributed by atoms with Gasteiger partial charge in [0.1, 0.15) is 11.4 Å². The van der Waals surface area contributed by atoms with Crippen molar-refractivity contribution in [1.82, 2.24) is 4.90 Å². The summed E-state index contributed by atoms with van der Waals surface area (Å²) in [6.07, 6.45) is -0.0958. The number of benzene rings is 1. The number of nitrogens with one attached hydrogen (secondary N) is 1. The lowest BCUT2D eigenvalue weighted by Gasteiger charge is -2.46. The van der Waals surface area contributed by atoms with Gasteiger partial charge in [0.15, 0.2) is 5.96 Å². The van der Waals surface area contributed by atoms with Crippen molar-refractivity contribution in [2.45, 2.75) is 51.8 Å². The van der Waals surface area contributed by atoms with Gasteiger partial charge < -0.3 is 20.9 Å². The molecule has 6 unspecified atom stereocenters. The van der Waals surface area contributed by atoms with Crippen LogP contribution in [-0.4, -0.2) is 53.6 Å². The van der Waals surface area contributed by atoms with E-state index in [9.17, 15) is 14.7 Å². The number of aliphatic hydroxyl groups is 1. The highest BCUT2D eigenvalue weighted by Gasteiger charge is 2.65.